The van der Waals surface area contributed by atoms with Crippen LogP contribution in [0.2, 0.25) is 0 Å². The first-order chi connectivity index (χ1) is 9.12. The van der Waals surface area contributed by atoms with E-state index in [9.17, 15) is 4.79 Å². The molecule has 0 saturated carbocycles. The highest BCUT2D eigenvalue weighted by Gasteiger charge is 2.19. The molecule has 2 N–H and O–H groups in total. The van der Waals surface area contributed by atoms with E-state index in [4.69, 9.17) is 10.5 Å². The third-order valence-electron chi connectivity index (χ3n) is 3.06. The highest BCUT2D eigenvalue weighted by molar-refractivity contribution is 5.92. The number of rotatable bonds is 4. The summed E-state index contributed by atoms with van der Waals surface area (Å²) in [6.45, 7) is 4.51. The van der Waals surface area contributed by atoms with Crippen LogP contribution in [0.5, 0.6) is 5.75 Å². The van der Waals surface area contributed by atoms with Crippen molar-refractivity contribution in [2.24, 2.45) is 0 Å². The van der Waals surface area contributed by atoms with Gasteiger partial charge in [0.05, 0.1) is 12.7 Å². The van der Waals surface area contributed by atoms with Crippen molar-refractivity contribution in [2.75, 3.05) is 12.8 Å². The number of ether oxygens (including phenoxy) is 1. The molecule has 0 spiro atoms. The van der Waals surface area contributed by atoms with Crippen LogP contribution in [0.1, 0.15) is 22.8 Å². The fourth-order valence-corrected chi connectivity index (χ4v) is 2.05. The monoisotopic (exact) mass is 259 g/mol. The van der Waals surface area contributed by atoms with Gasteiger partial charge in [-0.15, -0.1) is 0 Å². The van der Waals surface area contributed by atoms with Crippen molar-refractivity contribution in [1.82, 2.24) is 9.78 Å². The standard InChI is InChI=1S/C14H17N3O2/c1-4-17-14(15)11(8-18)13(16-17)10-7-9(2)5-6-12(10)19-3/h5-8H,4,15H2,1-3H3. The Labute approximate surface area is 112 Å². The molecule has 100 valence electrons. The predicted molar refractivity (Wildman–Crippen MR) is 74.4 cm³/mol. The minimum atomic E-state index is 0.385. The maximum Gasteiger partial charge on any atom is 0.156 e. The second-order valence-electron chi connectivity index (χ2n) is 4.28. The molecule has 19 heavy (non-hydrogen) atoms. The van der Waals surface area contributed by atoms with Gasteiger partial charge in [-0.3, -0.25) is 4.79 Å². The van der Waals surface area contributed by atoms with Gasteiger partial charge in [0.1, 0.15) is 17.3 Å². The first-order valence-electron chi connectivity index (χ1n) is 6.08. The fourth-order valence-electron chi connectivity index (χ4n) is 2.05. The third kappa shape index (κ3) is 2.19. The first-order valence-corrected chi connectivity index (χ1v) is 6.08. The van der Waals surface area contributed by atoms with Gasteiger partial charge in [0, 0.05) is 12.1 Å². The molecule has 0 amide bonds. The zero-order chi connectivity index (χ0) is 14.0. The number of carbonyl (C=O) groups is 1. The van der Waals surface area contributed by atoms with Crippen LogP contribution in [0, 0.1) is 6.92 Å². The van der Waals surface area contributed by atoms with Crippen molar-refractivity contribution < 1.29 is 9.53 Å². The van der Waals surface area contributed by atoms with E-state index in [1.165, 1.54) is 0 Å². The summed E-state index contributed by atoms with van der Waals surface area (Å²) in [6, 6.07) is 5.75. The van der Waals surface area contributed by atoms with Crippen LogP contribution in [-0.2, 0) is 6.54 Å². The van der Waals surface area contributed by atoms with E-state index >= 15 is 0 Å². The summed E-state index contributed by atoms with van der Waals surface area (Å²) in [7, 11) is 1.59. The lowest BCUT2D eigenvalue weighted by Crippen LogP contribution is -2.02. The average Bonchev–Trinajstić information content (AvgIpc) is 2.74. The second-order valence-corrected chi connectivity index (χ2v) is 4.28. The Morgan fingerprint density at radius 1 is 1.47 bits per heavy atom. The second kappa shape index (κ2) is 5.14. The smallest absolute Gasteiger partial charge is 0.156 e. The number of hydrogen-bond acceptors (Lipinski definition) is 4. The van der Waals surface area contributed by atoms with Crippen molar-refractivity contribution in [3.63, 3.8) is 0 Å². The van der Waals surface area contributed by atoms with Crippen molar-refractivity contribution in [2.45, 2.75) is 20.4 Å². The molecule has 0 unspecified atom stereocenters. The molecule has 1 aromatic heterocycles. The summed E-state index contributed by atoms with van der Waals surface area (Å²) in [5.74, 6) is 1.06. The Morgan fingerprint density at radius 2 is 2.21 bits per heavy atom. The van der Waals surface area contributed by atoms with E-state index in [1.807, 2.05) is 32.0 Å². The quantitative estimate of drug-likeness (QED) is 0.855. The Hall–Kier alpha value is -2.30. The van der Waals surface area contributed by atoms with Crippen LogP contribution < -0.4 is 10.5 Å². The van der Waals surface area contributed by atoms with Gasteiger partial charge in [-0.1, -0.05) is 11.6 Å². The third-order valence-corrected chi connectivity index (χ3v) is 3.06. The molecule has 0 bridgehead atoms. The zero-order valence-electron chi connectivity index (χ0n) is 11.3. The highest BCUT2D eigenvalue weighted by Crippen LogP contribution is 2.33. The van der Waals surface area contributed by atoms with Gasteiger partial charge in [0.15, 0.2) is 6.29 Å². The van der Waals surface area contributed by atoms with E-state index in [0.29, 0.717) is 29.4 Å². The number of nitrogens with zero attached hydrogens (tertiary/aromatic N) is 2. The number of nitrogens with two attached hydrogens (primary N) is 1. The van der Waals surface area contributed by atoms with Crippen LogP contribution >= 0.6 is 0 Å². The van der Waals surface area contributed by atoms with Crippen LogP contribution in [-0.4, -0.2) is 23.2 Å². The molecule has 0 fully saturated rings. The number of aldehydes is 1. The van der Waals surface area contributed by atoms with Crippen molar-refractivity contribution >= 4 is 12.1 Å². The van der Waals surface area contributed by atoms with Gasteiger partial charge in [-0.2, -0.15) is 5.10 Å². The summed E-state index contributed by atoms with van der Waals surface area (Å²) in [4.78, 5) is 11.3. The Morgan fingerprint density at radius 3 is 2.79 bits per heavy atom. The van der Waals surface area contributed by atoms with E-state index in [1.54, 1.807) is 11.8 Å². The normalized spacial score (nSPS) is 10.5. The van der Waals surface area contributed by atoms with Gasteiger partial charge in [0.2, 0.25) is 0 Å². The summed E-state index contributed by atoms with van der Waals surface area (Å²) >= 11 is 0. The number of anilines is 1. The summed E-state index contributed by atoms with van der Waals surface area (Å²) in [5, 5.41) is 4.40. The maximum absolute atomic E-state index is 11.3. The summed E-state index contributed by atoms with van der Waals surface area (Å²) < 4.78 is 6.94. The number of aryl methyl sites for hydroxylation is 2. The van der Waals surface area contributed by atoms with Crippen LogP contribution in [0.25, 0.3) is 11.3 Å². The van der Waals surface area contributed by atoms with Gasteiger partial charge in [0.25, 0.3) is 0 Å². The molecule has 5 heteroatoms. The van der Waals surface area contributed by atoms with Crippen molar-refractivity contribution in [3.05, 3.63) is 29.3 Å². The number of aromatic nitrogens is 2. The predicted octanol–water partition coefficient (Wildman–Crippen LogP) is 2.28. The topological polar surface area (TPSA) is 70.1 Å². The maximum atomic E-state index is 11.3. The molecule has 1 heterocycles. The SMILES string of the molecule is CCn1nc(-c2cc(C)ccc2OC)c(C=O)c1N. The van der Waals surface area contributed by atoms with Crippen LogP contribution in [0.4, 0.5) is 5.82 Å². The lowest BCUT2D eigenvalue weighted by molar-refractivity contribution is 0.112. The molecule has 0 aliphatic carbocycles. The zero-order valence-corrected chi connectivity index (χ0v) is 11.3. The Bertz CT molecular complexity index is 617. The molecule has 1 aromatic carbocycles. The number of nitrogen functional groups attached to an aromatic ring is 1. The Kier molecular flexibility index (Phi) is 3.55. The summed E-state index contributed by atoms with van der Waals surface area (Å²) in [6.07, 6.45) is 0.742. The molecular formula is C14H17N3O2. The molecule has 0 aliphatic heterocycles. The fraction of sp³-hybridized carbons (Fsp3) is 0.286. The molecule has 0 aliphatic rings. The van der Waals surface area contributed by atoms with Gasteiger partial charge < -0.3 is 10.5 Å². The van der Waals surface area contributed by atoms with Crippen molar-refractivity contribution in [3.8, 4) is 17.0 Å². The number of methoxy groups -OCH3 is 1. The number of carbonyl (C=O) groups excluding carboxylic acids is 1. The molecule has 5 nitrogen and oxygen atoms in total. The number of benzene rings is 1. The molecule has 0 saturated heterocycles. The minimum absolute atomic E-state index is 0.385. The van der Waals surface area contributed by atoms with E-state index in [-0.39, 0.29) is 0 Å². The van der Waals surface area contributed by atoms with Gasteiger partial charge in [-0.25, -0.2) is 4.68 Å². The molecule has 2 rings (SSSR count). The van der Waals surface area contributed by atoms with E-state index in [2.05, 4.69) is 5.10 Å². The molecule has 2 aromatic rings. The number of hydrogen-bond donors (Lipinski definition) is 1. The van der Waals surface area contributed by atoms with Crippen molar-refractivity contribution in [1.29, 1.82) is 0 Å². The molecular weight excluding hydrogens is 242 g/mol. The van der Waals surface area contributed by atoms with Crippen LogP contribution in [0.15, 0.2) is 18.2 Å². The lowest BCUT2D eigenvalue weighted by atomic mass is 10.0. The molecule has 0 radical (unpaired) electrons. The largest absolute Gasteiger partial charge is 0.496 e. The van der Waals surface area contributed by atoms with E-state index in [0.717, 1.165) is 17.4 Å². The molecule has 0 atom stereocenters. The van der Waals surface area contributed by atoms with Crippen LogP contribution in [0.3, 0.4) is 0 Å². The summed E-state index contributed by atoms with van der Waals surface area (Å²) in [5.41, 5.74) is 8.74. The average molecular weight is 259 g/mol. The van der Waals surface area contributed by atoms with Gasteiger partial charge >= 0.3 is 0 Å². The lowest BCUT2D eigenvalue weighted by Gasteiger charge is -2.07. The minimum Gasteiger partial charge on any atom is -0.496 e. The first kappa shape index (κ1) is 13.1. The Balaban J connectivity index is 2.71. The van der Waals surface area contributed by atoms with E-state index < -0.39 is 0 Å². The van der Waals surface area contributed by atoms with Gasteiger partial charge in [-0.05, 0) is 26.0 Å². The highest BCUT2D eigenvalue weighted by atomic mass is 16.5.